The van der Waals surface area contributed by atoms with Gasteiger partial charge in [0.2, 0.25) is 0 Å². The van der Waals surface area contributed by atoms with Gasteiger partial charge in [0.05, 0.1) is 0 Å². The summed E-state index contributed by atoms with van der Waals surface area (Å²) in [5, 5.41) is 0. The second-order valence-electron chi connectivity index (χ2n) is 9.25. The predicted molar refractivity (Wildman–Crippen MR) is 87.3 cm³/mol. The molecular formula is C20H32O2. The lowest BCUT2D eigenvalue weighted by atomic mass is 9.44. The molecule has 4 aliphatic carbocycles. The van der Waals surface area contributed by atoms with E-state index >= 15 is 0 Å². The van der Waals surface area contributed by atoms with Gasteiger partial charge in [0, 0.05) is 5.41 Å². The van der Waals surface area contributed by atoms with Crippen LogP contribution in [0.3, 0.4) is 0 Å². The van der Waals surface area contributed by atoms with Crippen molar-refractivity contribution in [2.45, 2.75) is 84.2 Å². The highest BCUT2D eigenvalue weighted by Crippen LogP contribution is 2.66. The van der Waals surface area contributed by atoms with E-state index in [0.717, 1.165) is 36.6 Å². The first-order chi connectivity index (χ1) is 10.6. The molecule has 0 radical (unpaired) electrons. The molecule has 4 saturated carbocycles. The van der Waals surface area contributed by atoms with Crippen LogP contribution in [0.15, 0.2) is 0 Å². The van der Waals surface area contributed by atoms with E-state index in [4.69, 9.17) is 4.74 Å². The van der Waals surface area contributed by atoms with Crippen molar-refractivity contribution >= 4 is 6.47 Å². The number of hydrogen-bond acceptors (Lipinski definition) is 2. The van der Waals surface area contributed by atoms with E-state index < -0.39 is 0 Å². The molecule has 0 aromatic rings. The van der Waals surface area contributed by atoms with Gasteiger partial charge >= 0.3 is 0 Å². The predicted octanol–water partition coefficient (Wildman–Crippen LogP) is 4.96. The molecule has 2 nitrogen and oxygen atoms in total. The second-order valence-corrected chi connectivity index (χ2v) is 9.25. The fourth-order valence-corrected chi connectivity index (χ4v) is 7.56. The zero-order chi connectivity index (χ0) is 15.4. The number of fused-ring (bicyclic) bond motifs is 5. The van der Waals surface area contributed by atoms with Crippen LogP contribution in [0.25, 0.3) is 0 Å². The minimum Gasteiger partial charge on any atom is -0.464 e. The van der Waals surface area contributed by atoms with E-state index in [-0.39, 0.29) is 11.5 Å². The molecule has 2 unspecified atom stereocenters. The van der Waals surface area contributed by atoms with Crippen LogP contribution in [0.2, 0.25) is 0 Å². The molecule has 0 spiro atoms. The fourth-order valence-electron chi connectivity index (χ4n) is 7.56. The zero-order valence-corrected chi connectivity index (χ0v) is 14.4. The summed E-state index contributed by atoms with van der Waals surface area (Å²) in [5.74, 6) is 3.44. The molecule has 2 heteroatoms. The summed E-state index contributed by atoms with van der Waals surface area (Å²) in [6.07, 6.45) is 13.8. The molecule has 4 aliphatic rings. The maximum absolute atomic E-state index is 11.1. The highest BCUT2D eigenvalue weighted by atomic mass is 16.5. The summed E-state index contributed by atoms with van der Waals surface area (Å²) in [5.41, 5.74) is 0.881. The number of carbonyl (C=O) groups is 1. The van der Waals surface area contributed by atoms with Crippen molar-refractivity contribution in [2.75, 3.05) is 0 Å². The third-order valence-electron chi connectivity index (χ3n) is 8.68. The summed E-state index contributed by atoms with van der Waals surface area (Å²) in [6.45, 7) is 5.78. The van der Waals surface area contributed by atoms with Gasteiger partial charge < -0.3 is 4.74 Å². The molecule has 4 fully saturated rings. The van der Waals surface area contributed by atoms with E-state index in [1.165, 1.54) is 57.8 Å². The average molecular weight is 304 g/mol. The van der Waals surface area contributed by atoms with Crippen LogP contribution < -0.4 is 0 Å². The summed E-state index contributed by atoms with van der Waals surface area (Å²) in [6, 6.07) is 0. The third-order valence-corrected chi connectivity index (χ3v) is 8.68. The Hall–Kier alpha value is -0.530. The highest BCUT2D eigenvalue weighted by Gasteiger charge is 2.60. The lowest BCUT2D eigenvalue weighted by Crippen LogP contribution is -2.57. The first-order valence-electron chi connectivity index (χ1n) is 9.69. The van der Waals surface area contributed by atoms with Gasteiger partial charge in [-0.15, -0.1) is 0 Å². The third kappa shape index (κ3) is 1.94. The minimum absolute atomic E-state index is 0.183. The molecule has 0 heterocycles. The van der Waals surface area contributed by atoms with Gasteiger partial charge in [-0.2, -0.15) is 0 Å². The summed E-state index contributed by atoms with van der Waals surface area (Å²) in [7, 11) is 0. The summed E-state index contributed by atoms with van der Waals surface area (Å²) in [4.78, 5) is 11.1. The fraction of sp³-hybridized carbons (Fsp3) is 0.950. The Kier molecular flexibility index (Phi) is 3.58. The van der Waals surface area contributed by atoms with Gasteiger partial charge in [-0.1, -0.05) is 20.3 Å². The van der Waals surface area contributed by atoms with Crippen LogP contribution in [0.5, 0.6) is 0 Å². The molecule has 0 saturated heterocycles. The molecule has 0 amide bonds. The molecule has 0 aromatic heterocycles. The van der Waals surface area contributed by atoms with Gasteiger partial charge in [-0.05, 0) is 86.9 Å². The van der Waals surface area contributed by atoms with Gasteiger partial charge in [-0.25, -0.2) is 0 Å². The second kappa shape index (κ2) is 5.24. The van der Waals surface area contributed by atoms with Crippen LogP contribution in [-0.2, 0) is 9.53 Å². The van der Waals surface area contributed by atoms with Crippen molar-refractivity contribution in [1.29, 1.82) is 0 Å². The molecule has 0 aromatic carbocycles. The van der Waals surface area contributed by atoms with Gasteiger partial charge in [0.15, 0.2) is 0 Å². The van der Waals surface area contributed by atoms with E-state index in [0.29, 0.717) is 5.41 Å². The van der Waals surface area contributed by atoms with Crippen LogP contribution >= 0.6 is 0 Å². The Morgan fingerprint density at radius 3 is 2.59 bits per heavy atom. The zero-order valence-electron chi connectivity index (χ0n) is 14.4. The Labute approximate surface area is 135 Å². The smallest absolute Gasteiger partial charge is 0.293 e. The van der Waals surface area contributed by atoms with Crippen molar-refractivity contribution in [3.05, 3.63) is 0 Å². The number of rotatable bonds is 2. The Morgan fingerprint density at radius 2 is 1.77 bits per heavy atom. The van der Waals surface area contributed by atoms with Gasteiger partial charge in [0.1, 0.15) is 6.10 Å². The Balaban J connectivity index is 1.66. The maximum Gasteiger partial charge on any atom is 0.293 e. The normalized spacial score (nSPS) is 54.0. The first-order valence-corrected chi connectivity index (χ1v) is 9.69. The Bertz CT molecular complexity index is 447. The molecule has 0 bridgehead atoms. The SMILES string of the molecule is C[C@@]12CCC[C@H]1[C@@H]1CCC3CCCC(OC=O)[C@]3(C)[C@@H]1CC2. The van der Waals surface area contributed by atoms with E-state index in [1.54, 1.807) is 0 Å². The van der Waals surface area contributed by atoms with Gasteiger partial charge in [-0.3, -0.25) is 4.79 Å². The van der Waals surface area contributed by atoms with Crippen molar-refractivity contribution in [2.24, 2.45) is 34.5 Å². The van der Waals surface area contributed by atoms with E-state index in [2.05, 4.69) is 13.8 Å². The average Bonchev–Trinajstić information content (AvgIpc) is 2.90. The quantitative estimate of drug-likeness (QED) is 0.674. The molecule has 7 atom stereocenters. The van der Waals surface area contributed by atoms with E-state index in [1.807, 2.05) is 0 Å². The van der Waals surface area contributed by atoms with Crippen molar-refractivity contribution in [3.8, 4) is 0 Å². The molecule has 22 heavy (non-hydrogen) atoms. The van der Waals surface area contributed by atoms with Crippen LogP contribution in [-0.4, -0.2) is 12.6 Å². The number of hydrogen-bond donors (Lipinski definition) is 0. The van der Waals surface area contributed by atoms with Crippen LogP contribution in [0.1, 0.15) is 78.1 Å². The topological polar surface area (TPSA) is 26.3 Å². The van der Waals surface area contributed by atoms with Crippen molar-refractivity contribution in [3.63, 3.8) is 0 Å². The number of ether oxygens (including phenoxy) is 1. The summed E-state index contributed by atoms with van der Waals surface area (Å²) < 4.78 is 5.66. The molecule has 0 N–H and O–H groups in total. The highest BCUT2D eigenvalue weighted by molar-refractivity contribution is 5.38. The summed E-state index contributed by atoms with van der Waals surface area (Å²) >= 11 is 0. The van der Waals surface area contributed by atoms with Crippen LogP contribution in [0.4, 0.5) is 0 Å². The Morgan fingerprint density at radius 1 is 0.909 bits per heavy atom. The maximum atomic E-state index is 11.1. The number of carbonyl (C=O) groups excluding carboxylic acids is 1. The van der Waals surface area contributed by atoms with Crippen molar-refractivity contribution < 1.29 is 9.53 Å². The molecule has 0 aliphatic heterocycles. The standard InChI is InChI=1S/C20H32O2/c1-19-11-4-6-16(19)15-9-8-14-5-3-7-18(22-13-21)20(14,2)17(15)10-12-19/h13-18H,3-12H2,1-2H3/t14?,15-,16-,17+,18?,19-,20-/m0/s1. The van der Waals surface area contributed by atoms with Crippen molar-refractivity contribution in [1.82, 2.24) is 0 Å². The van der Waals surface area contributed by atoms with Gasteiger partial charge in [0.25, 0.3) is 6.47 Å². The van der Waals surface area contributed by atoms with Crippen LogP contribution in [0, 0.1) is 34.5 Å². The molecule has 4 rings (SSSR count). The molecule has 124 valence electrons. The molecular weight excluding hydrogens is 272 g/mol. The van der Waals surface area contributed by atoms with E-state index in [9.17, 15) is 4.79 Å². The lowest BCUT2D eigenvalue weighted by molar-refractivity contribution is -0.179. The first kappa shape index (κ1) is 15.0. The minimum atomic E-state index is 0.183. The monoisotopic (exact) mass is 304 g/mol. The largest absolute Gasteiger partial charge is 0.464 e. The lowest BCUT2D eigenvalue weighted by Gasteiger charge is -2.61.